The highest BCUT2D eigenvalue weighted by molar-refractivity contribution is 4.60. The maximum absolute atomic E-state index is 3.71. The van der Waals surface area contributed by atoms with Crippen molar-refractivity contribution in [2.24, 2.45) is 11.8 Å². The molecule has 1 atom stereocenters. The molecule has 0 aliphatic heterocycles. The van der Waals surface area contributed by atoms with E-state index in [-0.39, 0.29) is 0 Å². The first-order chi connectivity index (χ1) is 4.18. The Morgan fingerprint density at radius 1 is 1.33 bits per heavy atom. The molecule has 0 aliphatic rings. The van der Waals surface area contributed by atoms with Gasteiger partial charge in [0.25, 0.3) is 0 Å². The molecule has 0 amide bonds. The molecule has 0 aromatic carbocycles. The molecule has 0 spiro atoms. The van der Waals surface area contributed by atoms with Gasteiger partial charge in [-0.05, 0) is 31.8 Å². The fraction of sp³-hybridized carbons (Fsp3) is 0.875. The number of hydrogen-bond donors (Lipinski definition) is 1. The van der Waals surface area contributed by atoms with Crippen molar-refractivity contribution in [1.82, 2.24) is 5.32 Å². The molecule has 0 heterocycles. The molecule has 1 radical (unpaired) electrons. The average molecular weight is 128 g/mol. The minimum atomic E-state index is 0.770. The highest BCUT2D eigenvalue weighted by Crippen LogP contribution is 2.06. The van der Waals surface area contributed by atoms with Gasteiger partial charge in [-0.15, -0.1) is 0 Å². The third kappa shape index (κ3) is 4.46. The van der Waals surface area contributed by atoms with E-state index < -0.39 is 0 Å². The summed E-state index contributed by atoms with van der Waals surface area (Å²) >= 11 is 0. The zero-order valence-electron chi connectivity index (χ0n) is 6.78. The van der Waals surface area contributed by atoms with Gasteiger partial charge in [0.05, 0.1) is 0 Å². The van der Waals surface area contributed by atoms with Gasteiger partial charge in [-0.1, -0.05) is 20.8 Å². The van der Waals surface area contributed by atoms with Crippen molar-refractivity contribution in [3.8, 4) is 0 Å². The van der Waals surface area contributed by atoms with Crippen LogP contribution >= 0.6 is 0 Å². The Kier molecular flexibility index (Phi) is 4.78. The van der Waals surface area contributed by atoms with Crippen molar-refractivity contribution < 1.29 is 0 Å². The van der Waals surface area contributed by atoms with Crippen molar-refractivity contribution in [3.05, 3.63) is 6.92 Å². The highest BCUT2D eigenvalue weighted by Gasteiger charge is 2.04. The predicted molar refractivity (Wildman–Crippen MR) is 42.2 cm³/mol. The third-order valence-corrected chi connectivity index (χ3v) is 1.78. The molecule has 55 valence electrons. The highest BCUT2D eigenvalue weighted by atomic mass is 14.8. The molecule has 0 saturated heterocycles. The largest absolute Gasteiger partial charge is 0.316 e. The maximum Gasteiger partial charge on any atom is -0.00207 e. The van der Waals surface area contributed by atoms with E-state index >= 15 is 0 Å². The summed E-state index contributed by atoms with van der Waals surface area (Å²) in [7, 11) is 0. The molecule has 1 nitrogen and oxygen atoms in total. The normalized spacial score (nSPS) is 14.3. The Hall–Kier alpha value is -0.0400. The van der Waals surface area contributed by atoms with E-state index in [4.69, 9.17) is 0 Å². The number of nitrogens with one attached hydrogen (secondary N) is 1. The Labute approximate surface area is 58.8 Å². The van der Waals surface area contributed by atoms with Gasteiger partial charge in [-0.3, -0.25) is 0 Å². The molecule has 9 heavy (non-hydrogen) atoms. The van der Waals surface area contributed by atoms with E-state index in [1.165, 1.54) is 0 Å². The van der Waals surface area contributed by atoms with Crippen LogP contribution in [0.4, 0.5) is 0 Å². The molecule has 0 bridgehead atoms. The lowest BCUT2D eigenvalue weighted by Crippen LogP contribution is -2.23. The second-order valence-corrected chi connectivity index (χ2v) is 2.93. The van der Waals surface area contributed by atoms with E-state index in [1.54, 1.807) is 0 Å². The molecule has 0 fully saturated rings. The standard InChI is InChI=1S/C8H18N/c1-5-9-6-8(4)7(2)3/h7-9H,1,5-6H2,2-4H3. The van der Waals surface area contributed by atoms with Gasteiger partial charge in [0.1, 0.15) is 0 Å². The van der Waals surface area contributed by atoms with Gasteiger partial charge in [0, 0.05) is 0 Å². The molecular weight excluding hydrogens is 110 g/mol. The van der Waals surface area contributed by atoms with Crippen LogP contribution < -0.4 is 5.32 Å². The summed E-state index contributed by atoms with van der Waals surface area (Å²) in [5.41, 5.74) is 0. The predicted octanol–water partition coefficient (Wildman–Crippen LogP) is 1.70. The van der Waals surface area contributed by atoms with E-state index in [0.29, 0.717) is 0 Å². The van der Waals surface area contributed by atoms with E-state index in [9.17, 15) is 0 Å². The lowest BCUT2D eigenvalue weighted by Gasteiger charge is -2.14. The summed E-state index contributed by atoms with van der Waals surface area (Å²) in [5, 5.41) is 3.22. The fourth-order valence-corrected chi connectivity index (χ4v) is 0.565. The molecule has 0 aliphatic carbocycles. The van der Waals surface area contributed by atoms with Crippen LogP contribution in [-0.4, -0.2) is 13.1 Å². The maximum atomic E-state index is 3.71. The van der Waals surface area contributed by atoms with Crippen molar-refractivity contribution in [3.63, 3.8) is 0 Å². The Morgan fingerprint density at radius 2 is 1.89 bits per heavy atom. The second-order valence-electron chi connectivity index (χ2n) is 2.93. The second kappa shape index (κ2) is 4.80. The van der Waals surface area contributed by atoms with Gasteiger partial charge in [0.15, 0.2) is 0 Å². The first kappa shape index (κ1) is 8.96. The Balaban J connectivity index is 3.16. The number of hydrogen-bond acceptors (Lipinski definition) is 1. The minimum Gasteiger partial charge on any atom is -0.316 e. The van der Waals surface area contributed by atoms with E-state index in [0.717, 1.165) is 24.9 Å². The van der Waals surface area contributed by atoms with Crippen molar-refractivity contribution in [2.75, 3.05) is 13.1 Å². The molecule has 0 aromatic heterocycles. The van der Waals surface area contributed by atoms with Gasteiger partial charge >= 0.3 is 0 Å². The minimum absolute atomic E-state index is 0.770. The Morgan fingerprint density at radius 3 is 2.22 bits per heavy atom. The van der Waals surface area contributed by atoms with Gasteiger partial charge in [-0.25, -0.2) is 0 Å². The van der Waals surface area contributed by atoms with Gasteiger partial charge in [0.2, 0.25) is 0 Å². The van der Waals surface area contributed by atoms with Crippen LogP contribution in [0.5, 0.6) is 0 Å². The molecule has 1 heteroatoms. The summed E-state index contributed by atoms with van der Waals surface area (Å²) in [6.45, 7) is 12.4. The third-order valence-electron chi connectivity index (χ3n) is 1.78. The van der Waals surface area contributed by atoms with Crippen LogP contribution in [0.25, 0.3) is 0 Å². The molecule has 0 rings (SSSR count). The fourth-order valence-electron chi connectivity index (χ4n) is 0.565. The van der Waals surface area contributed by atoms with Crippen LogP contribution in [0.3, 0.4) is 0 Å². The first-order valence-corrected chi connectivity index (χ1v) is 3.68. The summed E-state index contributed by atoms with van der Waals surface area (Å²) in [4.78, 5) is 0. The monoisotopic (exact) mass is 128 g/mol. The summed E-state index contributed by atoms with van der Waals surface area (Å²) in [5.74, 6) is 1.55. The topological polar surface area (TPSA) is 12.0 Å². The number of rotatable bonds is 4. The van der Waals surface area contributed by atoms with Gasteiger partial charge < -0.3 is 5.32 Å². The molecular formula is C8H18N. The molecule has 1 N–H and O–H groups in total. The Bertz CT molecular complexity index is 59.6. The summed E-state index contributed by atoms with van der Waals surface area (Å²) in [6.07, 6.45) is 0. The zero-order chi connectivity index (χ0) is 7.28. The molecule has 0 aromatic rings. The first-order valence-electron chi connectivity index (χ1n) is 3.68. The lowest BCUT2D eigenvalue weighted by molar-refractivity contribution is 0.400. The van der Waals surface area contributed by atoms with E-state index in [2.05, 4.69) is 33.0 Å². The van der Waals surface area contributed by atoms with Crippen molar-refractivity contribution in [2.45, 2.75) is 20.8 Å². The summed E-state index contributed by atoms with van der Waals surface area (Å²) in [6, 6.07) is 0. The molecule has 1 unspecified atom stereocenters. The quantitative estimate of drug-likeness (QED) is 0.607. The molecule has 0 saturated carbocycles. The van der Waals surface area contributed by atoms with Crippen LogP contribution in [0.2, 0.25) is 0 Å². The van der Waals surface area contributed by atoms with Crippen LogP contribution in [0.1, 0.15) is 20.8 Å². The zero-order valence-corrected chi connectivity index (χ0v) is 6.78. The SMILES string of the molecule is [CH2]CNCC(C)C(C)C. The smallest absolute Gasteiger partial charge is 0.00207 e. The summed E-state index contributed by atoms with van der Waals surface area (Å²) < 4.78 is 0. The average Bonchev–Trinajstić information content (AvgIpc) is 1.82. The van der Waals surface area contributed by atoms with Crippen LogP contribution in [0.15, 0.2) is 0 Å². The van der Waals surface area contributed by atoms with Crippen LogP contribution in [-0.2, 0) is 0 Å². The van der Waals surface area contributed by atoms with Crippen molar-refractivity contribution >= 4 is 0 Å². The van der Waals surface area contributed by atoms with Gasteiger partial charge in [-0.2, -0.15) is 0 Å². The lowest BCUT2D eigenvalue weighted by atomic mass is 9.98. The van der Waals surface area contributed by atoms with E-state index in [1.807, 2.05) is 0 Å². The van der Waals surface area contributed by atoms with Crippen LogP contribution in [0, 0.1) is 18.8 Å². The van der Waals surface area contributed by atoms with Crippen molar-refractivity contribution in [1.29, 1.82) is 0 Å².